The van der Waals surface area contributed by atoms with Crippen molar-refractivity contribution in [1.82, 2.24) is 5.32 Å². The first-order chi connectivity index (χ1) is 15.2. The summed E-state index contributed by atoms with van der Waals surface area (Å²) in [7, 11) is 0. The minimum absolute atomic E-state index is 0.0760. The van der Waals surface area contributed by atoms with Gasteiger partial charge in [0, 0.05) is 36.1 Å². The maximum atomic E-state index is 6.07. The van der Waals surface area contributed by atoms with Crippen LogP contribution in [0.4, 0.5) is 11.4 Å². The van der Waals surface area contributed by atoms with Crippen molar-refractivity contribution in [2.75, 3.05) is 17.6 Å². The Morgan fingerprint density at radius 3 is 2.32 bits per heavy atom. The van der Waals surface area contributed by atoms with E-state index in [9.17, 15) is 0 Å². The zero-order valence-electron chi connectivity index (χ0n) is 17.8. The average molecular weight is 416 g/mol. The van der Waals surface area contributed by atoms with Crippen LogP contribution in [0.25, 0.3) is 0 Å². The van der Waals surface area contributed by atoms with E-state index in [2.05, 4.69) is 60.1 Å². The molecule has 0 aromatic heterocycles. The van der Waals surface area contributed by atoms with E-state index in [-0.39, 0.29) is 12.1 Å². The Kier molecular flexibility index (Phi) is 6.62. The van der Waals surface area contributed by atoms with E-state index in [0.29, 0.717) is 0 Å². The molecular weight excluding hydrogens is 386 g/mol. The van der Waals surface area contributed by atoms with Crippen LogP contribution in [0.1, 0.15) is 19.8 Å². The Morgan fingerprint density at radius 1 is 0.903 bits per heavy atom. The molecule has 5 heteroatoms. The molecule has 2 aliphatic carbocycles. The minimum Gasteiger partial charge on any atom is -0.486 e. The fourth-order valence-electron chi connectivity index (χ4n) is 3.50. The number of nitrogens with two attached hydrogens (primary N) is 1. The second kappa shape index (κ2) is 9.94. The largest absolute Gasteiger partial charge is 0.486 e. The number of benzene rings is 2. The molecule has 0 spiro atoms. The molecule has 31 heavy (non-hydrogen) atoms. The fraction of sp³-hybridized carbons (Fsp3) is 0.231. The summed E-state index contributed by atoms with van der Waals surface area (Å²) in [5.41, 5.74) is 8.67. The Morgan fingerprint density at radius 2 is 1.68 bits per heavy atom. The third kappa shape index (κ3) is 5.95. The van der Waals surface area contributed by atoms with Crippen molar-refractivity contribution < 1.29 is 9.47 Å². The van der Waals surface area contributed by atoms with Crippen LogP contribution in [0.2, 0.25) is 0 Å². The summed E-state index contributed by atoms with van der Waals surface area (Å²) < 4.78 is 11.9. The molecule has 2 aromatic carbocycles. The number of nitrogens with one attached hydrogen (secondary N) is 2. The lowest BCUT2D eigenvalue weighted by Gasteiger charge is -2.21. The molecule has 0 amide bonds. The molecular formula is C26H29N3O2. The normalized spacial score (nSPS) is 19.9. The van der Waals surface area contributed by atoms with E-state index in [4.69, 9.17) is 15.2 Å². The molecule has 2 atom stereocenters. The van der Waals surface area contributed by atoms with E-state index in [0.717, 1.165) is 48.0 Å². The Bertz CT molecular complexity index is 988. The second-order valence-corrected chi connectivity index (χ2v) is 7.59. The fourth-order valence-corrected chi connectivity index (χ4v) is 3.50. The van der Waals surface area contributed by atoms with Crippen LogP contribution < -0.4 is 25.8 Å². The van der Waals surface area contributed by atoms with Gasteiger partial charge in [-0.25, -0.2) is 0 Å². The standard InChI is InChI=1S/C26H29N3O2/c1-2-28-20-5-13-24(14-6-20)31-26-17-9-22(10-18-26)29-21-7-15-25(16-8-21)30-23-11-3-19(27)4-12-23/h3-7,9-13,15-18,21,24,28-29H,2,8,14,27H2,1H3. The van der Waals surface area contributed by atoms with Gasteiger partial charge in [-0.15, -0.1) is 0 Å². The molecule has 0 fully saturated rings. The second-order valence-electron chi connectivity index (χ2n) is 7.59. The molecule has 4 N–H and O–H groups in total. The van der Waals surface area contributed by atoms with Crippen LogP contribution in [0.15, 0.2) is 96.4 Å². The summed E-state index contributed by atoms with van der Waals surface area (Å²) in [4.78, 5) is 0. The summed E-state index contributed by atoms with van der Waals surface area (Å²) >= 11 is 0. The molecule has 4 rings (SSSR count). The van der Waals surface area contributed by atoms with Crippen molar-refractivity contribution in [3.63, 3.8) is 0 Å². The van der Waals surface area contributed by atoms with Gasteiger partial charge in [-0.3, -0.25) is 0 Å². The highest BCUT2D eigenvalue weighted by Crippen LogP contribution is 2.23. The predicted molar refractivity (Wildman–Crippen MR) is 127 cm³/mol. The van der Waals surface area contributed by atoms with Gasteiger partial charge in [0.2, 0.25) is 0 Å². The number of ether oxygens (including phenoxy) is 2. The lowest BCUT2D eigenvalue weighted by atomic mass is 10.1. The van der Waals surface area contributed by atoms with Crippen LogP contribution in [0, 0.1) is 0 Å². The average Bonchev–Trinajstić information content (AvgIpc) is 2.79. The predicted octanol–water partition coefficient (Wildman–Crippen LogP) is 5.17. The molecule has 5 nitrogen and oxygen atoms in total. The van der Waals surface area contributed by atoms with E-state index in [1.54, 1.807) is 0 Å². The summed E-state index contributed by atoms with van der Waals surface area (Å²) in [5, 5.41) is 6.85. The Labute approximate surface area is 183 Å². The minimum atomic E-state index is 0.0760. The zero-order chi connectivity index (χ0) is 21.5. The Balaban J connectivity index is 1.24. The molecule has 0 bridgehead atoms. The number of allylic oxidation sites excluding steroid dienone is 2. The molecule has 0 heterocycles. The maximum absolute atomic E-state index is 6.07. The van der Waals surface area contributed by atoms with Gasteiger partial charge in [0.1, 0.15) is 23.4 Å². The number of likely N-dealkylation sites (N-methyl/N-ethyl adjacent to an activating group) is 1. The molecule has 2 aliphatic rings. The third-order valence-corrected chi connectivity index (χ3v) is 5.12. The monoisotopic (exact) mass is 415 g/mol. The Hall–Kier alpha value is -3.60. The molecule has 0 saturated carbocycles. The third-order valence-electron chi connectivity index (χ3n) is 5.12. The van der Waals surface area contributed by atoms with Crippen molar-refractivity contribution in [3.05, 3.63) is 96.4 Å². The van der Waals surface area contributed by atoms with Crippen LogP contribution in [-0.2, 0) is 0 Å². The van der Waals surface area contributed by atoms with Gasteiger partial charge in [0.25, 0.3) is 0 Å². The lowest BCUT2D eigenvalue weighted by Crippen LogP contribution is -2.20. The smallest absolute Gasteiger partial charge is 0.127 e. The van der Waals surface area contributed by atoms with Crippen molar-refractivity contribution in [2.45, 2.75) is 31.9 Å². The first kappa shape index (κ1) is 20.7. The highest BCUT2D eigenvalue weighted by atomic mass is 16.5. The summed E-state index contributed by atoms with van der Waals surface area (Å²) in [5.74, 6) is 2.51. The van der Waals surface area contributed by atoms with Crippen LogP contribution in [0.3, 0.4) is 0 Å². The molecule has 0 aliphatic heterocycles. The SMILES string of the molecule is CCNC1=CCC(Oc2ccc(NC3C=CC(Oc4ccc(N)cc4)=CC3)cc2)C=C1. The van der Waals surface area contributed by atoms with Gasteiger partial charge in [0.05, 0.1) is 0 Å². The quantitative estimate of drug-likeness (QED) is 0.519. The van der Waals surface area contributed by atoms with Gasteiger partial charge in [-0.05, 0) is 86.2 Å². The highest BCUT2D eigenvalue weighted by molar-refractivity contribution is 5.49. The summed E-state index contributed by atoms with van der Waals surface area (Å²) in [6, 6.07) is 15.8. The van der Waals surface area contributed by atoms with Crippen molar-refractivity contribution >= 4 is 11.4 Å². The molecule has 0 radical (unpaired) electrons. The van der Waals surface area contributed by atoms with Crippen LogP contribution in [0.5, 0.6) is 11.5 Å². The highest BCUT2D eigenvalue weighted by Gasteiger charge is 2.12. The molecule has 2 aromatic rings. The van der Waals surface area contributed by atoms with Crippen LogP contribution in [-0.4, -0.2) is 18.7 Å². The number of hydrogen-bond donors (Lipinski definition) is 3. The van der Waals surface area contributed by atoms with E-state index >= 15 is 0 Å². The first-order valence-corrected chi connectivity index (χ1v) is 10.7. The zero-order valence-corrected chi connectivity index (χ0v) is 17.8. The van der Waals surface area contributed by atoms with Gasteiger partial charge in [0.15, 0.2) is 0 Å². The van der Waals surface area contributed by atoms with Gasteiger partial charge in [-0.1, -0.05) is 12.2 Å². The lowest BCUT2D eigenvalue weighted by molar-refractivity contribution is 0.251. The summed E-state index contributed by atoms with van der Waals surface area (Å²) in [6.45, 7) is 3.03. The molecule has 2 unspecified atom stereocenters. The van der Waals surface area contributed by atoms with Crippen molar-refractivity contribution in [1.29, 1.82) is 0 Å². The molecule has 160 valence electrons. The van der Waals surface area contributed by atoms with E-state index in [1.807, 2.05) is 42.5 Å². The van der Waals surface area contributed by atoms with E-state index in [1.165, 1.54) is 5.70 Å². The number of rotatable bonds is 8. The van der Waals surface area contributed by atoms with Gasteiger partial charge in [-0.2, -0.15) is 0 Å². The van der Waals surface area contributed by atoms with Gasteiger partial charge >= 0.3 is 0 Å². The summed E-state index contributed by atoms with van der Waals surface area (Å²) in [6.07, 6.45) is 14.4. The van der Waals surface area contributed by atoms with Crippen molar-refractivity contribution in [2.24, 2.45) is 0 Å². The first-order valence-electron chi connectivity index (χ1n) is 10.7. The number of nitrogen functional groups attached to an aromatic ring is 1. The number of anilines is 2. The number of hydrogen-bond acceptors (Lipinski definition) is 5. The van der Waals surface area contributed by atoms with E-state index < -0.39 is 0 Å². The van der Waals surface area contributed by atoms with Gasteiger partial charge < -0.3 is 25.8 Å². The van der Waals surface area contributed by atoms with Crippen molar-refractivity contribution in [3.8, 4) is 11.5 Å². The molecule has 0 saturated heterocycles. The maximum Gasteiger partial charge on any atom is 0.127 e. The van der Waals surface area contributed by atoms with Crippen LogP contribution >= 0.6 is 0 Å². The topological polar surface area (TPSA) is 68.5 Å².